The molecule has 27 heavy (non-hydrogen) atoms. The van der Waals surface area contributed by atoms with Crippen molar-refractivity contribution in [3.63, 3.8) is 0 Å². The molecule has 0 radical (unpaired) electrons. The lowest BCUT2D eigenvalue weighted by molar-refractivity contribution is 0.177. The van der Waals surface area contributed by atoms with Crippen molar-refractivity contribution in [2.75, 3.05) is 39.9 Å². The maximum atomic E-state index is 5.78. The number of methoxy groups -OCH3 is 1. The maximum Gasteiger partial charge on any atom is 0.174 e. The zero-order valence-corrected chi connectivity index (χ0v) is 18.2. The van der Waals surface area contributed by atoms with Crippen molar-refractivity contribution in [3.05, 3.63) is 58.1 Å². The Morgan fingerprint density at radius 3 is 2.44 bits per heavy atom. The SMILES string of the molecule is CCOc1cc(C(=S)N2CCN(Cc3ccccc3)CC2)cc(Br)c1OC. The van der Waals surface area contributed by atoms with Gasteiger partial charge in [0.15, 0.2) is 11.5 Å². The Morgan fingerprint density at radius 2 is 1.81 bits per heavy atom. The minimum Gasteiger partial charge on any atom is -0.492 e. The van der Waals surface area contributed by atoms with E-state index in [9.17, 15) is 0 Å². The van der Waals surface area contributed by atoms with Gasteiger partial charge in [0.1, 0.15) is 4.99 Å². The van der Waals surface area contributed by atoms with Gasteiger partial charge in [-0.3, -0.25) is 4.90 Å². The van der Waals surface area contributed by atoms with Gasteiger partial charge in [-0.05, 0) is 40.5 Å². The molecular weight excluding hydrogens is 424 g/mol. The van der Waals surface area contributed by atoms with E-state index in [4.69, 9.17) is 21.7 Å². The van der Waals surface area contributed by atoms with E-state index in [1.807, 2.05) is 19.1 Å². The van der Waals surface area contributed by atoms with Crippen molar-refractivity contribution in [3.8, 4) is 11.5 Å². The van der Waals surface area contributed by atoms with Crippen LogP contribution in [0.1, 0.15) is 18.1 Å². The highest BCUT2D eigenvalue weighted by Gasteiger charge is 2.21. The topological polar surface area (TPSA) is 24.9 Å². The van der Waals surface area contributed by atoms with Crippen LogP contribution in [0.4, 0.5) is 0 Å². The van der Waals surface area contributed by atoms with Crippen molar-refractivity contribution < 1.29 is 9.47 Å². The van der Waals surface area contributed by atoms with Gasteiger partial charge in [-0.15, -0.1) is 0 Å². The molecule has 2 aromatic rings. The Bertz CT molecular complexity index is 777. The Hall–Kier alpha value is -1.63. The second-order valence-corrected chi connectivity index (χ2v) is 7.72. The first-order valence-corrected chi connectivity index (χ1v) is 10.4. The van der Waals surface area contributed by atoms with Crippen molar-refractivity contribution in [1.29, 1.82) is 0 Å². The molecular formula is C21H25BrN2O2S. The molecule has 1 saturated heterocycles. The van der Waals surface area contributed by atoms with E-state index in [2.05, 4.69) is 56.1 Å². The third-order valence-electron chi connectivity index (χ3n) is 4.67. The van der Waals surface area contributed by atoms with Gasteiger partial charge < -0.3 is 14.4 Å². The number of hydrogen-bond acceptors (Lipinski definition) is 4. The fraction of sp³-hybridized carbons (Fsp3) is 0.381. The molecule has 3 rings (SSSR count). The second kappa shape index (κ2) is 9.53. The highest BCUT2D eigenvalue weighted by Crippen LogP contribution is 2.37. The predicted octanol–water partition coefficient (Wildman–Crippen LogP) is 4.35. The summed E-state index contributed by atoms with van der Waals surface area (Å²) in [5, 5.41) is 0. The standard InChI is InChI=1S/C21H25BrN2O2S/c1-3-26-19-14-17(13-18(22)20(19)25-2)21(27)24-11-9-23(10-12-24)15-16-7-5-4-6-8-16/h4-8,13-14H,3,9-12,15H2,1-2H3. The van der Waals surface area contributed by atoms with Crippen LogP contribution in [0.15, 0.2) is 46.9 Å². The van der Waals surface area contributed by atoms with Gasteiger partial charge in [0.05, 0.1) is 18.2 Å². The molecule has 0 saturated carbocycles. The first kappa shape index (κ1) is 20.1. The van der Waals surface area contributed by atoms with Crippen LogP contribution in [0.5, 0.6) is 11.5 Å². The van der Waals surface area contributed by atoms with E-state index in [0.717, 1.165) is 53.5 Å². The van der Waals surface area contributed by atoms with Gasteiger partial charge in [0, 0.05) is 38.3 Å². The summed E-state index contributed by atoms with van der Waals surface area (Å²) < 4.78 is 12.0. The third-order valence-corrected chi connectivity index (χ3v) is 5.75. The van der Waals surface area contributed by atoms with Gasteiger partial charge in [0.2, 0.25) is 0 Å². The Morgan fingerprint density at radius 1 is 1.11 bits per heavy atom. The number of piperazine rings is 1. The number of ether oxygens (including phenoxy) is 2. The average molecular weight is 449 g/mol. The van der Waals surface area contributed by atoms with E-state index in [0.29, 0.717) is 12.4 Å². The van der Waals surface area contributed by atoms with Gasteiger partial charge in [-0.1, -0.05) is 42.5 Å². The Balaban J connectivity index is 1.65. The van der Waals surface area contributed by atoms with E-state index in [1.54, 1.807) is 7.11 Å². The zero-order chi connectivity index (χ0) is 19.2. The molecule has 0 amide bonds. The van der Waals surface area contributed by atoms with E-state index in [-0.39, 0.29) is 0 Å². The number of nitrogens with zero attached hydrogens (tertiary/aromatic N) is 2. The summed E-state index contributed by atoms with van der Waals surface area (Å²) in [5.41, 5.74) is 2.34. The fourth-order valence-corrected chi connectivity index (χ4v) is 4.19. The van der Waals surface area contributed by atoms with Crippen LogP contribution >= 0.6 is 28.1 Å². The molecule has 0 aliphatic carbocycles. The van der Waals surface area contributed by atoms with Crippen LogP contribution in [-0.4, -0.2) is 54.7 Å². The monoisotopic (exact) mass is 448 g/mol. The summed E-state index contributed by atoms with van der Waals surface area (Å²) in [6.07, 6.45) is 0. The van der Waals surface area contributed by atoms with Crippen molar-refractivity contribution in [2.24, 2.45) is 0 Å². The predicted molar refractivity (Wildman–Crippen MR) is 117 cm³/mol. The minimum atomic E-state index is 0.581. The molecule has 0 unspecified atom stereocenters. The smallest absolute Gasteiger partial charge is 0.174 e. The molecule has 0 bridgehead atoms. The summed E-state index contributed by atoms with van der Waals surface area (Å²) in [4.78, 5) is 5.61. The largest absolute Gasteiger partial charge is 0.492 e. The molecule has 6 heteroatoms. The van der Waals surface area contributed by atoms with Gasteiger partial charge in [0.25, 0.3) is 0 Å². The summed E-state index contributed by atoms with van der Waals surface area (Å²) in [6, 6.07) is 14.6. The first-order chi connectivity index (χ1) is 13.1. The molecule has 144 valence electrons. The summed E-state index contributed by atoms with van der Waals surface area (Å²) in [7, 11) is 1.65. The van der Waals surface area contributed by atoms with E-state index >= 15 is 0 Å². The summed E-state index contributed by atoms with van der Waals surface area (Å²) in [5.74, 6) is 1.42. The van der Waals surface area contributed by atoms with Gasteiger partial charge in [-0.25, -0.2) is 0 Å². The van der Waals surface area contributed by atoms with E-state index in [1.165, 1.54) is 5.56 Å². The van der Waals surface area contributed by atoms with Crippen LogP contribution in [0.3, 0.4) is 0 Å². The van der Waals surface area contributed by atoms with Crippen molar-refractivity contribution in [1.82, 2.24) is 9.80 Å². The van der Waals surface area contributed by atoms with Crippen LogP contribution < -0.4 is 9.47 Å². The molecule has 1 aliphatic rings. The number of rotatable bonds is 6. The lowest BCUT2D eigenvalue weighted by atomic mass is 10.1. The molecule has 4 nitrogen and oxygen atoms in total. The van der Waals surface area contributed by atoms with Crippen LogP contribution in [0, 0.1) is 0 Å². The molecule has 0 aromatic heterocycles. The second-order valence-electron chi connectivity index (χ2n) is 6.48. The molecule has 1 aliphatic heterocycles. The molecule has 0 N–H and O–H groups in total. The summed E-state index contributed by atoms with van der Waals surface area (Å²) >= 11 is 9.36. The average Bonchev–Trinajstić information content (AvgIpc) is 2.69. The highest BCUT2D eigenvalue weighted by molar-refractivity contribution is 9.10. The highest BCUT2D eigenvalue weighted by atomic mass is 79.9. The lowest BCUT2D eigenvalue weighted by Crippen LogP contribution is -2.48. The van der Waals surface area contributed by atoms with Gasteiger partial charge in [-0.2, -0.15) is 0 Å². The van der Waals surface area contributed by atoms with Crippen molar-refractivity contribution >= 4 is 33.1 Å². The van der Waals surface area contributed by atoms with Gasteiger partial charge >= 0.3 is 0 Å². The molecule has 0 atom stereocenters. The lowest BCUT2D eigenvalue weighted by Gasteiger charge is -2.36. The van der Waals surface area contributed by atoms with Crippen LogP contribution in [-0.2, 0) is 6.54 Å². The first-order valence-electron chi connectivity index (χ1n) is 9.18. The van der Waals surface area contributed by atoms with Crippen molar-refractivity contribution in [2.45, 2.75) is 13.5 Å². The number of benzene rings is 2. The normalized spacial score (nSPS) is 14.9. The zero-order valence-electron chi connectivity index (χ0n) is 15.8. The Labute approximate surface area is 175 Å². The number of hydrogen-bond donors (Lipinski definition) is 0. The quantitative estimate of drug-likeness (QED) is 0.611. The van der Waals surface area contributed by atoms with Crippen LogP contribution in [0.2, 0.25) is 0 Å². The minimum absolute atomic E-state index is 0.581. The molecule has 1 heterocycles. The van der Waals surface area contributed by atoms with E-state index < -0.39 is 0 Å². The Kier molecular flexibility index (Phi) is 7.10. The number of halogens is 1. The molecule has 1 fully saturated rings. The molecule has 2 aromatic carbocycles. The summed E-state index contributed by atoms with van der Waals surface area (Å²) in [6.45, 7) is 7.40. The number of thiocarbonyl (C=S) groups is 1. The fourth-order valence-electron chi connectivity index (χ4n) is 3.29. The molecule has 0 spiro atoms. The van der Waals surface area contributed by atoms with Crippen LogP contribution in [0.25, 0.3) is 0 Å². The maximum absolute atomic E-state index is 5.78. The third kappa shape index (κ3) is 5.00.